The molecule has 0 spiro atoms. The van der Waals surface area contributed by atoms with Gasteiger partial charge in [-0.25, -0.2) is 5.43 Å². The van der Waals surface area contributed by atoms with Crippen LogP contribution in [0.5, 0.6) is 5.75 Å². The van der Waals surface area contributed by atoms with E-state index in [1.807, 2.05) is 12.1 Å². The number of aromatic hydroxyl groups is 1. The molecule has 0 bridgehead atoms. The normalized spacial score (nSPS) is 10.6. The summed E-state index contributed by atoms with van der Waals surface area (Å²) in [5, 5.41) is 16.7. The van der Waals surface area contributed by atoms with Crippen LogP contribution in [0.15, 0.2) is 64.7 Å². The first-order valence-electron chi connectivity index (χ1n) is 8.28. The summed E-state index contributed by atoms with van der Waals surface area (Å²) in [7, 11) is 0. The summed E-state index contributed by atoms with van der Waals surface area (Å²) in [4.78, 5) is 23.7. The number of nitrogens with zero attached hydrogens (tertiary/aromatic N) is 1. The van der Waals surface area contributed by atoms with E-state index < -0.39 is 0 Å². The van der Waals surface area contributed by atoms with Gasteiger partial charge in [-0.2, -0.15) is 5.10 Å². The van der Waals surface area contributed by atoms with Crippen molar-refractivity contribution in [3.05, 3.63) is 70.7 Å². The molecule has 0 atom stereocenters. The van der Waals surface area contributed by atoms with Gasteiger partial charge in [-0.3, -0.25) is 9.59 Å². The quantitative estimate of drug-likeness (QED) is 0.339. The Kier molecular flexibility index (Phi) is 7.76. The van der Waals surface area contributed by atoms with E-state index in [1.165, 1.54) is 6.21 Å². The van der Waals surface area contributed by atoms with Crippen LogP contribution in [0, 0.1) is 0 Å². The van der Waals surface area contributed by atoms with Gasteiger partial charge >= 0.3 is 0 Å². The lowest BCUT2D eigenvalue weighted by atomic mass is 10.1. The van der Waals surface area contributed by atoms with Crippen molar-refractivity contribution in [3.8, 4) is 5.75 Å². The molecule has 0 aromatic heterocycles. The zero-order chi connectivity index (χ0) is 19.6. The molecule has 0 saturated heterocycles. The standard InChI is InChI=1S/C20H20BrN3O3/c1-2-4-14-5-3-6-15(20(14)27)13-22-24-19(26)12-11-18(25)23-17-9-7-16(21)8-10-17/h2-3,5-10,13,27H,1,4,11-12H2,(H,23,25)(H,24,26)/b22-13+. The second-order valence-electron chi connectivity index (χ2n) is 5.70. The molecule has 2 aromatic rings. The number of carbonyl (C=O) groups is 2. The highest BCUT2D eigenvalue weighted by molar-refractivity contribution is 9.10. The van der Waals surface area contributed by atoms with Crippen molar-refractivity contribution >= 4 is 39.6 Å². The smallest absolute Gasteiger partial charge is 0.240 e. The summed E-state index contributed by atoms with van der Waals surface area (Å²) in [6.07, 6.45) is 3.63. The van der Waals surface area contributed by atoms with E-state index in [4.69, 9.17) is 0 Å². The number of amides is 2. The van der Waals surface area contributed by atoms with E-state index in [-0.39, 0.29) is 30.4 Å². The van der Waals surface area contributed by atoms with Crippen LogP contribution < -0.4 is 10.7 Å². The summed E-state index contributed by atoms with van der Waals surface area (Å²) in [5.74, 6) is -0.547. The maximum atomic E-state index is 11.9. The van der Waals surface area contributed by atoms with E-state index >= 15 is 0 Å². The maximum absolute atomic E-state index is 11.9. The predicted octanol–water partition coefficient (Wildman–Crippen LogP) is 3.75. The molecule has 0 aliphatic heterocycles. The van der Waals surface area contributed by atoms with Crippen molar-refractivity contribution in [3.63, 3.8) is 0 Å². The van der Waals surface area contributed by atoms with Gasteiger partial charge in [0.1, 0.15) is 5.75 Å². The Bertz CT molecular complexity index is 848. The number of anilines is 1. The average Bonchev–Trinajstić information content (AvgIpc) is 2.65. The molecule has 0 aliphatic carbocycles. The third kappa shape index (κ3) is 6.71. The Hall–Kier alpha value is -2.93. The van der Waals surface area contributed by atoms with Gasteiger partial charge in [0.05, 0.1) is 6.21 Å². The molecular weight excluding hydrogens is 410 g/mol. The number of phenols is 1. The van der Waals surface area contributed by atoms with E-state index in [0.29, 0.717) is 17.7 Å². The Morgan fingerprint density at radius 3 is 2.52 bits per heavy atom. The van der Waals surface area contributed by atoms with Gasteiger partial charge in [0, 0.05) is 28.6 Å². The topological polar surface area (TPSA) is 90.8 Å². The van der Waals surface area contributed by atoms with Gasteiger partial charge in [0.2, 0.25) is 11.8 Å². The zero-order valence-corrected chi connectivity index (χ0v) is 16.2. The summed E-state index contributed by atoms with van der Waals surface area (Å²) in [6, 6.07) is 12.4. The maximum Gasteiger partial charge on any atom is 0.240 e. The van der Waals surface area contributed by atoms with E-state index in [2.05, 4.69) is 38.4 Å². The van der Waals surface area contributed by atoms with Crippen LogP contribution in [-0.2, 0) is 16.0 Å². The van der Waals surface area contributed by atoms with Crippen LogP contribution >= 0.6 is 15.9 Å². The SMILES string of the molecule is C=CCc1cccc(/C=N/NC(=O)CCC(=O)Nc2ccc(Br)cc2)c1O. The Morgan fingerprint density at radius 1 is 1.11 bits per heavy atom. The van der Waals surface area contributed by atoms with E-state index in [0.717, 1.165) is 10.0 Å². The largest absolute Gasteiger partial charge is 0.507 e. The molecule has 0 heterocycles. The van der Waals surface area contributed by atoms with Crippen molar-refractivity contribution in [2.24, 2.45) is 5.10 Å². The first-order chi connectivity index (χ1) is 13.0. The number of rotatable bonds is 8. The summed E-state index contributed by atoms with van der Waals surface area (Å²) in [6.45, 7) is 3.64. The van der Waals surface area contributed by atoms with Crippen LogP contribution in [0.3, 0.4) is 0 Å². The zero-order valence-electron chi connectivity index (χ0n) is 14.6. The van der Waals surface area contributed by atoms with Crippen molar-refractivity contribution in [2.45, 2.75) is 19.3 Å². The van der Waals surface area contributed by atoms with Gasteiger partial charge < -0.3 is 10.4 Å². The number of phenolic OH excluding ortho intramolecular Hbond substituents is 1. The van der Waals surface area contributed by atoms with Gasteiger partial charge in [-0.15, -0.1) is 6.58 Å². The van der Waals surface area contributed by atoms with Crippen LogP contribution in [0.2, 0.25) is 0 Å². The minimum atomic E-state index is -0.390. The molecule has 6 nitrogen and oxygen atoms in total. The highest BCUT2D eigenvalue weighted by Crippen LogP contribution is 2.21. The highest BCUT2D eigenvalue weighted by atomic mass is 79.9. The Balaban J connectivity index is 1.79. The molecule has 2 amide bonds. The minimum Gasteiger partial charge on any atom is -0.507 e. The van der Waals surface area contributed by atoms with Gasteiger partial charge in [0.25, 0.3) is 0 Å². The number of para-hydroxylation sites is 1. The molecule has 0 unspecified atom stereocenters. The molecule has 140 valence electrons. The predicted molar refractivity (Wildman–Crippen MR) is 110 cm³/mol. The van der Waals surface area contributed by atoms with Crippen LogP contribution in [0.4, 0.5) is 5.69 Å². The van der Waals surface area contributed by atoms with Crippen molar-refractivity contribution < 1.29 is 14.7 Å². The second kappa shape index (κ2) is 10.3. The van der Waals surface area contributed by atoms with Crippen LogP contribution in [-0.4, -0.2) is 23.1 Å². The lowest BCUT2D eigenvalue weighted by Crippen LogP contribution is -2.20. The molecular formula is C20H20BrN3O3. The number of carbonyl (C=O) groups excluding carboxylic acids is 2. The Morgan fingerprint density at radius 2 is 1.81 bits per heavy atom. The van der Waals surface area contributed by atoms with Crippen molar-refractivity contribution in [1.82, 2.24) is 5.43 Å². The van der Waals surface area contributed by atoms with Crippen LogP contribution in [0.25, 0.3) is 0 Å². The summed E-state index contributed by atoms with van der Waals surface area (Å²) in [5.41, 5.74) is 4.23. The third-order valence-electron chi connectivity index (χ3n) is 3.62. The van der Waals surface area contributed by atoms with Gasteiger partial charge in [0.15, 0.2) is 0 Å². The summed E-state index contributed by atoms with van der Waals surface area (Å²) < 4.78 is 0.916. The number of hydrogen-bond acceptors (Lipinski definition) is 4. The lowest BCUT2D eigenvalue weighted by Gasteiger charge is -2.05. The number of hydrazone groups is 1. The molecule has 7 heteroatoms. The monoisotopic (exact) mass is 429 g/mol. The number of benzene rings is 2. The van der Waals surface area contributed by atoms with Crippen molar-refractivity contribution in [2.75, 3.05) is 5.32 Å². The minimum absolute atomic E-state index is 0.00217. The molecule has 3 N–H and O–H groups in total. The first-order valence-corrected chi connectivity index (χ1v) is 9.08. The summed E-state index contributed by atoms with van der Waals surface area (Å²) >= 11 is 3.32. The first kappa shape index (κ1) is 20.4. The fourth-order valence-electron chi connectivity index (χ4n) is 2.25. The molecule has 0 aliphatic rings. The molecule has 0 fully saturated rings. The van der Waals surface area contributed by atoms with Crippen LogP contribution in [0.1, 0.15) is 24.0 Å². The molecule has 0 saturated carbocycles. The van der Waals surface area contributed by atoms with E-state index in [9.17, 15) is 14.7 Å². The molecule has 2 aromatic carbocycles. The number of halogens is 1. The molecule has 0 radical (unpaired) electrons. The molecule has 2 rings (SSSR count). The average molecular weight is 430 g/mol. The van der Waals surface area contributed by atoms with Gasteiger partial charge in [-0.05, 0) is 42.3 Å². The fraction of sp³-hybridized carbons (Fsp3) is 0.150. The highest BCUT2D eigenvalue weighted by Gasteiger charge is 2.07. The van der Waals surface area contributed by atoms with E-state index in [1.54, 1.807) is 36.4 Å². The van der Waals surface area contributed by atoms with Gasteiger partial charge in [-0.1, -0.05) is 34.1 Å². The lowest BCUT2D eigenvalue weighted by molar-refractivity contribution is -0.124. The Labute approximate surface area is 166 Å². The number of allylic oxidation sites excluding steroid dienone is 1. The number of nitrogens with one attached hydrogen (secondary N) is 2. The van der Waals surface area contributed by atoms with Crippen molar-refractivity contribution in [1.29, 1.82) is 0 Å². The number of hydrogen-bond donors (Lipinski definition) is 3. The fourth-order valence-corrected chi connectivity index (χ4v) is 2.51. The second-order valence-corrected chi connectivity index (χ2v) is 6.61. The third-order valence-corrected chi connectivity index (χ3v) is 4.14. The molecule has 27 heavy (non-hydrogen) atoms.